The fourth-order valence-corrected chi connectivity index (χ4v) is 3.73. The molecule has 0 spiro atoms. The Kier molecular flexibility index (Phi) is 3.36. The van der Waals surface area contributed by atoms with Crippen LogP contribution in [0.3, 0.4) is 0 Å². The second-order valence-corrected chi connectivity index (χ2v) is 7.18. The maximum Gasteiger partial charge on any atom is 0.233 e. The molecule has 0 unspecified atom stereocenters. The summed E-state index contributed by atoms with van der Waals surface area (Å²) in [6.45, 7) is 7.26. The molecular formula is C18H25NO2. The zero-order valence-corrected chi connectivity index (χ0v) is 13.2. The summed E-state index contributed by atoms with van der Waals surface area (Å²) >= 11 is 0. The van der Waals surface area contributed by atoms with Crippen molar-refractivity contribution in [2.24, 2.45) is 11.8 Å². The van der Waals surface area contributed by atoms with Crippen LogP contribution in [0.4, 0.5) is 0 Å². The standard InChI is InChI=1S/C18H25NO2/c1-13(2)18(21)12-19(11-14(18)3)16(20)17(9-10-17)15-7-5-4-6-8-15/h4-8,13-14,21H,9-12H2,1-3H3/t14-,18-/m0/s1. The molecule has 3 heteroatoms. The summed E-state index contributed by atoms with van der Waals surface area (Å²) in [7, 11) is 0. The molecule has 0 bridgehead atoms. The molecule has 0 aromatic heterocycles. The highest BCUT2D eigenvalue weighted by molar-refractivity contribution is 5.91. The first kappa shape index (κ1) is 14.6. The third kappa shape index (κ3) is 2.18. The van der Waals surface area contributed by atoms with Gasteiger partial charge in [-0.3, -0.25) is 4.79 Å². The summed E-state index contributed by atoms with van der Waals surface area (Å²) in [5.41, 5.74) is 0.0636. The van der Waals surface area contributed by atoms with Gasteiger partial charge in [0.25, 0.3) is 0 Å². The lowest BCUT2D eigenvalue weighted by molar-refractivity contribution is -0.134. The maximum atomic E-state index is 13.0. The molecular weight excluding hydrogens is 262 g/mol. The van der Waals surface area contributed by atoms with Crippen LogP contribution in [0.2, 0.25) is 0 Å². The van der Waals surface area contributed by atoms with Gasteiger partial charge in [0.05, 0.1) is 11.0 Å². The Morgan fingerprint density at radius 2 is 1.90 bits per heavy atom. The predicted molar refractivity (Wildman–Crippen MR) is 82.9 cm³/mol. The van der Waals surface area contributed by atoms with E-state index in [0.29, 0.717) is 13.1 Å². The molecule has 1 heterocycles. The molecule has 2 atom stereocenters. The fraction of sp³-hybridized carbons (Fsp3) is 0.611. The molecule has 2 aliphatic rings. The molecule has 2 fully saturated rings. The van der Waals surface area contributed by atoms with E-state index in [-0.39, 0.29) is 23.2 Å². The molecule has 1 N–H and O–H groups in total. The molecule has 1 saturated carbocycles. The first-order valence-electron chi connectivity index (χ1n) is 7.97. The van der Waals surface area contributed by atoms with Crippen molar-refractivity contribution >= 4 is 5.91 Å². The number of hydrogen-bond donors (Lipinski definition) is 1. The lowest BCUT2D eigenvalue weighted by atomic mass is 9.82. The number of likely N-dealkylation sites (tertiary alicyclic amines) is 1. The lowest BCUT2D eigenvalue weighted by Gasteiger charge is -2.31. The molecule has 1 aliphatic carbocycles. The van der Waals surface area contributed by atoms with Gasteiger partial charge >= 0.3 is 0 Å². The van der Waals surface area contributed by atoms with E-state index in [1.807, 2.05) is 36.9 Å². The lowest BCUT2D eigenvalue weighted by Crippen LogP contribution is -2.44. The first-order valence-corrected chi connectivity index (χ1v) is 7.97. The molecule has 3 rings (SSSR count). The topological polar surface area (TPSA) is 40.5 Å². The summed E-state index contributed by atoms with van der Waals surface area (Å²) in [5, 5.41) is 10.8. The number of nitrogens with zero attached hydrogens (tertiary/aromatic N) is 1. The number of β-amino-alcohol motifs (C(OH)–C–C–N with tert-alkyl or cyclic N) is 1. The molecule has 1 aromatic rings. The summed E-state index contributed by atoms with van der Waals surface area (Å²) in [6.07, 6.45) is 1.86. The van der Waals surface area contributed by atoms with Crippen molar-refractivity contribution in [3.05, 3.63) is 35.9 Å². The van der Waals surface area contributed by atoms with E-state index in [1.165, 1.54) is 0 Å². The van der Waals surface area contributed by atoms with Crippen LogP contribution in [0.25, 0.3) is 0 Å². The van der Waals surface area contributed by atoms with Crippen LogP contribution >= 0.6 is 0 Å². The second-order valence-electron chi connectivity index (χ2n) is 7.18. The highest BCUT2D eigenvalue weighted by Gasteiger charge is 2.56. The number of carbonyl (C=O) groups excluding carboxylic acids is 1. The fourth-order valence-electron chi connectivity index (χ4n) is 3.73. The molecule has 21 heavy (non-hydrogen) atoms. The van der Waals surface area contributed by atoms with E-state index in [1.54, 1.807) is 0 Å². The molecule has 1 saturated heterocycles. The van der Waals surface area contributed by atoms with E-state index in [9.17, 15) is 9.90 Å². The van der Waals surface area contributed by atoms with Gasteiger partial charge in [-0.25, -0.2) is 0 Å². The Balaban J connectivity index is 1.82. The Morgan fingerprint density at radius 3 is 2.38 bits per heavy atom. The van der Waals surface area contributed by atoms with E-state index in [2.05, 4.69) is 19.1 Å². The number of hydrogen-bond acceptors (Lipinski definition) is 2. The van der Waals surface area contributed by atoms with Gasteiger partial charge in [-0.15, -0.1) is 0 Å². The zero-order valence-electron chi connectivity index (χ0n) is 13.2. The summed E-state index contributed by atoms with van der Waals surface area (Å²) in [5.74, 6) is 0.502. The predicted octanol–water partition coefficient (Wildman–Crippen LogP) is 2.58. The second kappa shape index (κ2) is 4.84. The van der Waals surface area contributed by atoms with E-state index in [0.717, 1.165) is 18.4 Å². The Hall–Kier alpha value is -1.35. The van der Waals surface area contributed by atoms with E-state index in [4.69, 9.17) is 0 Å². The van der Waals surface area contributed by atoms with Gasteiger partial charge < -0.3 is 10.0 Å². The van der Waals surface area contributed by atoms with Gasteiger partial charge in [-0.1, -0.05) is 51.1 Å². The van der Waals surface area contributed by atoms with Gasteiger partial charge in [0.1, 0.15) is 0 Å². The van der Waals surface area contributed by atoms with Crippen LogP contribution in [0.15, 0.2) is 30.3 Å². The molecule has 0 radical (unpaired) electrons. The van der Waals surface area contributed by atoms with Crippen LogP contribution in [0, 0.1) is 11.8 Å². The van der Waals surface area contributed by atoms with Crippen LogP contribution in [0.5, 0.6) is 0 Å². The van der Waals surface area contributed by atoms with E-state index < -0.39 is 5.60 Å². The minimum Gasteiger partial charge on any atom is -0.387 e. The summed E-state index contributed by atoms with van der Waals surface area (Å²) in [4.78, 5) is 14.9. The zero-order chi connectivity index (χ0) is 15.3. The quantitative estimate of drug-likeness (QED) is 0.928. The van der Waals surface area contributed by atoms with Gasteiger partial charge in [0, 0.05) is 19.0 Å². The van der Waals surface area contributed by atoms with Crippen molar-refractivity contribution in [3.63, 3.8) is 0 Å². The van der Waals surface area contributed by atoms with Crippen LogP contribution < -0.4 is 0 Å². The molecule has 1 aromatic carbocycles. The van der Waals surface area contributed by atoms with Crippen molar-refractivity contribution in [1.82, 2.24) is 4.90 Å². The SMILES string of the molecule is CC(C)[C@@]1(O)CN(C(=O)C2(c3ccccc3)CC2)C[C@@H]1C. The van der Waals surface area contributed by atoms with Crippen molar-refractivity contribution < 1.29 is 9.90 Å². The van der Waals surface area contributed by atoms with Crippen molar-refractivity contribution in [2.45, 2.75) is 44.6 Å². The molecule has 1 amide bonds. The Bertz CT molecular complexity index is 535. The number of aliphatic hydroxyl groups is 1. The van der Waals surface area contributed by atoms with Gasteiger partial charge in [0.15, 0.2) is 0 Å². The van der Waals surface area contributed by atoms with Gasteiger partial charge in [-0.05, 0) is 24.3 Å². The third-order valence-electron chi connectivity index (χ3n) is 5.56. The smallest absolute Gasteiger partial charge is 0.233 e. The van der Waals surface area contributed by atoms with Crippen molar-refractivity contribution in [2.75, 3.05) is 13.1 Å². The van der Waals surface area contributed by atoms with Gasteiger partial charge in [-0.2, -0.15) is 0 Å². The van der Waals surface area contributed by atoms with E-state index >= 15 is 0 Å². The van der Waals surface area contributed by atoms with Crippen molar-refractivity contribution in [1.29, 1.82) is 0 Å². The number of amides is 1. The largest absolute Gasteiger partial charge is 0.387 e. The third-order valence-corrected chi connectivity index (χ3v) is 5.56. The minimum atomic E-state index is -0.748. The monoisotopic (exact) mass is 287 g/mol. The number of carbonyl (C=O) groups is 1. The Labute approximate surface area is 127 Å². The average molecular weight is 287 g/mol. The summed E-state index contributed by atoms with van der Waals surface area (Å²) < 4.78 is 0. The average Bonchev–Trinajstić information content (AvgIpc) is 3.22. The normalized spacial score (nSPS) is 30.7. The maximum absolute atomic E-state index is 13.0. The minimum absolute atomic E-state index is 0.132. The van der Waals surface area contributed by atoms with Crippen LogP contribution in [0.1, 0.15) is 39.2 Å². The number of rotatable bonds is 3. The van der Waals surface area contributed by atoms with Crippen molar-refractivity contribution in [3.8, 4) is 0 Å². The van der Waals surface area contributed by atoms with Crippen LogP contribution in [-0.4, -0.2) is 34.6 Å². The highest BCUT2D eigenvalue weighted by Crippen LogP contribution is 2.50. The molecule has 114 valence electrons. The highest BCUT2D eigenvalue weighted by atomic mass is 16.3. The van der Waals surface area contributed by atoms with Crippen LogP contribution in [-0.2, 0) is 10.2 Å². The summed E-state index contributed by atoms with van der Waals surface area (Å²) in [6, 6.07) is 10.1. The van der Waals surface area contributed by atoms with Gasteiger partial charge in [0.2, 0.25) is 5.91 Å². The number of benzene rings is 1. The molecule has 1 aliphatic heterocycles. The first-order chi connectivity index (χ1) is 9.90. The Morgan fingerprint density at radius 1 is 1.29 bits per heavy atom. The molecule has 3 nitrogen and oxygen atoms in total.